The zero-order chi connectivity index (χ0) is 22.2. The highest BCUT2D eigenvalue weighted by Crippen LogP contribution is 2.32. The van der Waals surface area contributed by atoms with E-state index in [0.717, 1.165) is 17.0 Å². The van der Waals surface area contributed by atoms with Crippen molar-refractivity contribution in [3.8, 4) is 17.2 Å². The molecule has 4 aromatic rings. The lowest BCUT2D eigenvalue weighted by atomic mass is 9.97. The van der Waals surface area contributed by atoms with Crippen LogP contribution in [0.1, 0.15) is 40.1 Å². The predicted octanol–water partition coefficient (Wildman–Crippen LogP) is 4.36. The monoisotopic (exact) mass is 421 g/mol. The lowest BCUT2D eigenvalue weighted by Gasteiger charge is -2.22. The van der Waals surface area contributed by atoms with Gasteiger partial charge in [-0.1, -0.05) is 48.5 Å². The van der Waals surface area contributed by atoms with Crippen molar-refractivity contribution in [1.29, 1.82) is 5.26 Å². The Kier molecular flexibility index (Phi) is 4.95. The van der Waals surface area contributed by atoms with Gasteiger partial charge >= 0.3 is 0 Å². The molecule has 0 radical (unpaired) electrons. The highest BCUT2D eigenvalue weighted by atomic mass is 16.2. The van der Waals surface area contributed by atoms with Crippen LogP contribution in [0, 0.1) is 25.2 Å². The molecule has 0 saturated heterocycles. The van der Waals surface area contributed by atoms with Crippen LogP contribution >= 0.6 is 0 Å². The molecule has 1 aliphatic rings. The van der Waals surface area contributed by atoms with Crippen LogP contribution in [0.25, 0.3) is 16.8 Å². The Bertz CT molecular complexity index is 1350. The first kappa shape index (κ1) is 20.0. The number of aromatic nitrogens is 3. The van der Waals surface area contributed by atoms with Gasteiger partial charge in [-0.3, -0.25) is 4.79 Å². The minimum absolute atomic E-state index is 0.119. The van der Waals surface area contributed by atoms with Gasteiger partial charge in [0.05, 0.1) is 6.20 Å². The smallest absolute Gasteiger partial charge is 0.223 e. The number of benzene rings is 2. The average molecular weight is 422 g/mol. The summed E-state index contributed by atoms with van der Waals surface area (Å²) < 4.78 is 1.70. The Morgan fingerprint density at radius 2 is 1.66 bits per heavy atom. The fraction of sp³-hybridized carbons (Fsp3) is 0.231. The van der Waals surface area contributed by atoms with Crippen molar-refractivity contribution in [2.45, 2.75) is 39.8 Å². The number of rotatable bonds is 3. The van der Waals surface area contributed by atoms with E-state index < -0.39 is 0 Å². The van der Waals surface area contributed by atoms with Crippen molar-refractivity contribution in [2.24, 2.45) is 0 Å². The van der Waals surface area contributed by atoms with Crippen LogP contribution < -0.4 is 0 Å². The topological polar surface area (TPSA) is 74.3 Å². The minimum Gasteiger partial charge on any atom is -0.334 e. The van der Waals surface area contributed by atoms with Crippen LogP contribution in [0.3, 0.4) is 0 Å². The van der Waals surface area contributed by atoms with Crippen molar-refractivity contribution in [2.75, 3.05) is 0 Å². The maximum atomic E-state index is 13.3. The second-order valence-electron chi connectivity index (χ2n) is 8.23. The van der Waals surface area contributed by atoms with E-state index in [9.17, 15) is 10.1 Å². The van der Waals surface area contributed by atoms with Gasteiger partial charge in [0.25, 0.3) is 0 Å². The van der Waals surface area contributed by atoms with Crippen LogP contribution in [0.4, 0.5) is 0 Å². The number of nitriles is 1. The molecule has 6 nitrogen and oxygen atoms in total. The number of carbonyl (C=O) groups is 1. The second kappa shape index (κ2) is 7.93. The highest BCUT2D eigenvalue weighted by Gasteiger charge is 2.23. The molecule has 0 saturated carbocycles. The maximum Gasteiger partial charge on any atom is 0.223 e. The average Bonchev–Trinajstić information content (AvgIpc) is 3.13. The lowest BCUT2D eigenvalue weighted by Crippen LogP contribution is -2.29. The lowest BCUT2D eigenvalue weighted by molar-refractivity contribution is -0.132. The Morgan fingerprint density at radius 1 is 1.03 bits per heavy atom. The van der Waals surface area contributed by atoms with E-state index in [1.165, 1.54) is 28.5 Å². The van der Waals surface area contributed by atoms with E-state index in [-0.39, 0.29) is 5.91 Å². The first-order chi connectivity index (χ1) is 15.6. The van der Waals surface area contributed by atoms with Gasteiger partial charge in [0.15, 0.2) is 5.65 Å². The van der Waals surface area contributed by atoms with Crippen molar-refractivity contribution in [3.05, 3.63) is 88.4 Å². The Balaban J connectivity index is 1.41. The summed E-state index contributed by atoms with van der Waals surface area (Å²) in [6, 6.07) is 18.8. The molecular weight excluding hydrogens is 398 g/mol. The van der Waals surface area contributed by atoms with E-state index in [2.05, 4.69) is 52.6 Å². The standard InChI is InChI=1S/C26H23N5O/c1-17-22(18(2)31-26(29-17)21(13-27)14-28-31)11-12-25(32)30-15-19-7-3-5-9-23(19)24-10-6-4-8-20(24)16-30/h3-10,14H,11-12,15-16H2,1-2H3. The molecular formula is C26H23N5O. The number of amides is 1. The van der Waals surface area contributed by atoms with Gasteiger partial charge in [-0.25, -0.2) is 9.50 Å². The first-order valence-electron chi connectivity index (χ1n) is 10.7. The third kappa shape index (κ3) is 3.32. The molecule has 1 amide bonds. The molecule has 32 heavy (non-hydrogen) atoms. The number of hydrogen-bond acceptors (Lipinski definition) is 4. The summed E-state index contributed by atoms with van der Waals surface area (Å²) in [7, 11) is 0. The molecule has 0 N–H and O–H groups in total. The molecule has 1 aliphatic heterocycles. The molecule has 3 heterocycles. The predicted molar refractivity (Wildman–Crippen MR) is 122 cm³/mol. The summed E-state index contributed by atoms with van der Waals surface area (Å²) in [5.74, 6) is 0.119. The summed E-state index contributed by atoms with van der Waals surface area (Å²) in [6.07, 6.45) is 2.52. The molecule has 0 aliphatic carbocycles. The summed E-state index contributed by atoms with van der Waals surface area (Å²) in [5.41, 5.74) is 8.54. The van der Waals surface area contributed by atoms with Crippen LogP contribution in [-0.2, 0) is 24.3 Å². The van der Waals surface area contributed by atoms with Gasteiger partial charge in [-0.15, -0.1) is 0 Å². The van der Waals surface area contributed by atoms with Crippen molar-refractivity contribution < 1.29 is 4.79 Å². The van der Waals surface area contributed by atoms with Crippen LogP contribution in [0.5, 0.6) is 0 Å². The van der Waals surface area contributed by atoms with Crippen LogP contribution in [-0.4, -0.2) is 25.4 Å². The number of hydrogen-bond donors (Lipinski definition) is 0. The SMILES string of the molecule is Cc1nc2c(C#N)cnn2c(C)c1CCC(=O)N1Cc2ccccc2-c2ccccc2C1. The van der Waals surface area contributed by atoms with Crippen molar-refractivity contribution in [1.82, 2.24) is 19.5 Å². The molecule has 5 rings (SSSR count). The van der Waals surface area contributed by atoms with E-state index in [1.54, 1.807) is 4.52 Å². The molecule has 0 unspecified atom stereocenters. The highest BCUT2D eigenvalue weighted by molar-refractivity contribution is 5.79. The van der Waals surface area contributed by atoms with Crippen LogP contribution in [0.2, 0.25) is 0 Å². The van der Waals surface area contributed by atoms with Gasteiger partial charge in [0.1, 0.15) is 11.6 Å². The van der Waals surface area contributed by atoms with Gasteiger partial charge < -0.3 is 4.90 Å². The van der Waals surface area contributed by atoms with Crippen molar-refractivity contribution >= 4 is 11.6 Å². The first-order valence-corrected chi connectivity index (χ1v) is 10.7. The fourth-order valence-electron chi connectivity index (χ4n) is 4.63. The van der Waals surface area contributed by atoms with E-state index in [0.29, 0.717) is 37.1 Å². The van der Waals surface area contributed by atoms with Gasteiger partial charge in [-0.05, 0) is 48.1 Å². The van der Waals surface area contributed by atoms with Gasteiger partial charge in [-0.2, -0.15) is 10.4 Å². The zero-order valence-electron chi connectivity index (χ0n) is 18.2. The van der Waals surface area contributed by atoms with E-state index in [4.69, 9.17) is 0 Å². The molecule has 6 heteroatoms. The molecule has 2 aromatic heterocycles. The largest absolute Gasteiger partial charge is 0.334 e. The number of aryl methyl sites for hydroxylation is 2. The van der Waals surface area contributed by atoms with Gasteiger partial charge in [0.2, 0.25) is 5.91 Å². The van der Waals surface area contributed by atoms with Crippen LogP contribution in [0.15, 0.2) is 54.7 Å². The zero-order valence-corrected chi connectivity index (χ0v) is 18.2. The molecule has 0 fully saturated rings. The Labute approximate surface area is 186 Å². The Hall–Kier alpha value is -3.98. The third-order valence-corrected chi connectivity index (χ3v) is 6.32. The number of nitrogens with zero attached hydrogens (tertiary/aromatic N) is 5. The minimum atomic E-state index is 0.119. The molecule has 0 atom stereocenters. The number of fused-ring (bicyclic) bond motifs is 4. The summed E-state index contributed by atoms with van der Waals surface area (Å²) in [5, 5.41) is 13.6. The second-order valence-corrected chi connectivity index (χ2v) is 8.23. The Morgan fingerprint density at radius 3 is 2.28 bits per heavy atom. The molecule has 0 spiro atoms. The normalized spacial score (nSPS) is 12.7. The summed E-state index contributed by atoms with van der Waals surface area (Å²) in [4.78, 5) is 19.9. The van der Waals surface area contributed by atoms with E-state index in [1.807, 2.05) is 30.9 Å². The summed E-state index contributed by atoms with van der Waals surface area (Å²) in [6.45, 7) is 5.10. The van der Waals surface area contributed by atoms with E-state index >= 15 is 0 Å². The quantitative estimate of drug-likeness (QED) is 0.493. The summed E-state index contributed by atoms with van der Waals surface area (Å²) >= 11 is 0. The third-order valence-electron chi connectivity index (χ3n) is 6.32. The molecule has 2 aromatic carbocycles. The molecule has 0 bridgehead atoms. The number of carbonyl (C=O) groups excluding carboxylic acids is 1. The maximum absolute atomic E-state index is 13.3. The molecule has 158 valence electrons. The van der Waals surface area contributed by atoms with Gasteiger partial charge in [0, 0.05) is 30.9 Å². The van der Waals surface area contributed by atoms with Crippen molar-refractivity contribution in [3.63, 3.8) is 0 Å². The fourth-order valence-corrected chi connectivity index (χ4v) is 4.63.